The highest BCUT2D eigenvalue weighted by molar-refractivity contribution is 5.73. The van der Waals surface area contributed by atoms with E-state index in [2.05, 4.69) is 15.5 Å². The molecule has 0 aromatic carbocycles. The summed E-state index contributed by atoms with van der Waals surface area (Å²) in [5.41, 5.74) is 0. The molecule has 0 atom stereocenters. The fourth-order valence-corrected chi connectivity index (χ4v) is 0.861. The minimum absolute atomic E-state index is 0.0907. The summed E-state index contributed by atoms with van der Waals surface area (Å²) in [5, 5.41) is 6.19. The first-order valence-corrected chi connectivity index (χ1v) is 4.48. The molecule has 6 nitrogen and oxygen atoms in total. The number of carbonyl (C=O) groups excluding carboxylic acids is 1. The van der Waals surface area contributed by atoms with Crippen LogP contribution in [0.1, 0.15) is 12.8 Å². The third kappa shape index (κ3) is 3.04. The Bertz CT molecular complexity index is 273. The Morgan fingerprint density at radius 1 is 1.71 bits per heavy atom. The van der Waals surface area contributed by atoms with E-state index in [0.29, 0.717) is 25.4 Å². The van der Waals surface area contributed by atoms with Crippen LogP contribution in [0.5, 0.6) is 0 Å². The van der Waals surface area contributed by atoms with Crippen LogP contribution in [0.4, 0.5) is 4.79 Å². The van der Waals surface area contributed by atoms with E-state index in [1.807, 2.05) is 6.92 Å². The van der Waals surface area contributed by atoms with Gasteiger partial charge in [0.25, 0.3) is 0 Å². The van der Waals surface area contributed by atoms with Crippen LogP contribution in [0.15, 0.2) is 10.9 Å². The van der Waals surface area contributed by atoms with Crippen molar-refractivity contribution in [1.29, 1.82) is 0 Å². The number of rotatable bonds is 4. The highest BCUT2D eigenvalue weighted by Crippen LogP contribution is 1.91. The molecule has 0 radical (unpaired) electrons. The first-order valence-electron chi connectivity index (χ1n) is 4.48. The lowest BCUT2D eigenvalue weighted by Crippen LogP contribution is -2.37. The minimum Gasteiger partial charge on any atom is -0.340 e. The van der Waals surface area contributed by atoms with E-state index < -0.39 is 0 Å². The van der Waals surface area contributed by atoms with Gasteiger partial charge in [0.05, 0.1) is 0 Å². The van der Waals surface area contributed by atoms with Gasteiger partial charge in [-0.1, -0.05) is 5.16 Å². The fourth-order valence-electron chi connectivity index (χ4n) is 0.861. The predicted molar refractivity (Wildman–Crippen MR) is 49.7 cm³/mol. The van der Waals surface area contributed by atoms with E-state index in [-0.39, 0.29) is 6.03 Å². The summed E-state index contributed by atoms with van der Waals surface area (Å²) in [6.45, 7) is 3.11. The van der Waals surface area contributed by atoms with Crippen LogP contribution >= 0.6 is 0 Å². The van der Waals surface area contributed by atoms with E-state index in [9.17, 15) is 4.79 Å². The number of hydrogen-bond donors (Lipinski definition) is 1. The van der Waals surface area contributed by atoms with Gasteiger partial charge in [-0.25, -0.2) is 4.79 Å². The molecule has 1 aromatic heterocycles. The van der Waals surface area contributed by atoms with Gasteiger partial charge in [-0.15, -0.1) is 0 Å². The molecule has 6 heteroatoms. The normalized spacial score (nSPS) is 9.86. The Labute approximate surface area is 82.3 Å². The Hall–Kier alpha value is -1.59. The first-order chi connectivity index (χ1) is 6.74. The summed E-state index contributed by atoms with van der Waals surface area (Å²) in [7, 11) is 1.74. The van der Waals surface area contributed by atoms with Gasteiger partial charge in [-0.3, -0.25) is 0 Å². The SMILES string of the molecule is CCN(C)C(=O)NCCc1ncno1. The molecule has 1 N–H and O–H groups in total. The summed E-state index contributed by atoms with van der Waals surface area (Å²) in [6, 6.07) is -0.0907. The molecule has 0 aliphatic rings. The van der Waals surface area contributed by atoms with Crippen LogP contribution in [-0.4, -0.2) is 41.2 Å². The van der Waals surface area contributed by atoms with Crippen molar-refractivity contribution in [2.75, 3.05) is 20.1 Å². The summed E-state index contributed by atoms with van der Waals surface area (Å²) < 4.78 is 4.78. The van der Waals surface area contributed by atoms with Gasteiger partial charge in [0.15, 0.2) is 6.33 Å². The highest BCUT2D eigenvalue weighted by Gasteiger charge is 2.05. The van der Waals surface area contributed by atoms with E-state index in [0.717, 1.165) is 0 Å². The van der Waals surface area contributed by atoms with Crippen molar-refractivity contribution in [3.8, 4) is 0 Å². The smallest absolute Gasteiger partial charge is 0.317 e. The molecule has 1 rings (SSSR count). The quantitative estimate of drug-likeness (QED) is 0.754. The van der Waals surface area contributed by atoms with Gasteiger partial charge in [-0.05, 0) is 6.92 Å². The zero-order valence-electron chi connectivity index (χ0n) is 8.36. The average Bonchev–Trinajstić information content (AvgIpc) is 2.69. The van der Waals surface area contributed by atoms with Crippen LogP contribution < -0.4 is 5.32 Å². The number of urea groups is 1. The van der Waals surface area contributed by atoms with Crippen LogP contribution in [0.2, 0.25) is 0 Å². The number of nitrogens with one attached hydrogen (secondary N) is 1. The van der Waals surface area contributed by atoms with Crippen molar-refractivity contribution >= 4 is 6.03 Å². The van der Waals surface area contributed by atoms with Crippen molar-refractivity contribution in [3.05, 3.63) is 12.2 Å². The van der Waals surface area contributed by atoms with Crippen molar-refractivity contribution < 1.29 is 9.32 Å². The van der Waals surface area contributed by atoms with Gasteiger partial charge >= 0.3 is 6.03 Å². The van der Waals surface area contributed by atoms with E-state index in [4.69, 9.17) is 4.52 Å². The second kappa shape index (κ2) is 5.21. The molecule has 0 fully saturated rings. The van der Waals surface area contributed by atoms with Crippen LogP contribution in [-0.2, 0) is 6.42 Å². The number of nitrogens with zero attached hydrogens (tertiary/aromatic N) is 3. The fraction of sp³-hybridized carbons (Fsp3) is 0.625. The highest BCUT2D eigenvalue weighted by atomic mass is 16.5. The van der Waals surface area contributed by atoms with Crippen LogP contribution in [0.25, 0.3) is 0 Å². The van der Waals surface area contributed by atoms with Gasteiger partial charge in [0.2, 0.25) is 5.89 Å². The minimum atomic E-state index is -0.0907. The maximum absolute atomic E-state index is 11.3. The monoisotopic (exact) mass is 198 g/mol. The van der Waals surface area contributed by atoms with Crippen LogP contribution in [0, 0.1) is 0 Å². The lowest BCUT2D eigenvalue weighted by Gasteiger charge is -2.14. The molecule has 0 aliphatic carbocycles. The molecule has 0 unspecified atom stereocenters. The summed E-state index contributed by atoms with van der Waals surface area (Å²) in [5.74, 6) is 0.532. The summed E-state index contributed by atoms with van der Waals surface area (Å²) >= 11 is 0. The second-order valence-corrected chi connectivity index (χ2v) is 2.83. The molecule has 0 bridgehead atoms. The molecule has 14 heavy (non-hydrogen) atoms. The number of carbonyl (C=O) groups is 1. The van der Waals surface area contributed by atoms with Gasteiger partial charge in [0.1, 0.15) is 0 Å². The first kappa shape index (κ1) is 10.5. The van der Waals surface area contributed by atoms with Crippen molar-refractivity contribution in [3.63, 3.8) is 0 Å². The Kier molecular flexibility index (Phi) is 3.90. The third-order valence-corrected chi connectivity index (χ3v) is 1.84. The lowest BCUT2D eigenvalue weighted by atomic mass is 10.4. The number of aromatic nitrogens is 2. The maximum atomic E-state index is 11.3. The van der Waals surface area contributed by atoms with Crippen molar-refractivity contribution in [1.82, 2.24) is 20.4 Å². The molecule has 0 spiro atoms. The van der Waals surface area contributed by atoms with Crippen LogP contribution in [0.3, 0.4) is 0 Å². The molecule has 1 heterocycles. The predicted octanol–water partition coefficient (Wildman–Crippen LogP) is 0.273. The zero-order chi connectivity index (χ0) is 10.4. The Morgan fingerprint density at radius 3 is 3.07 bits per heavy atom. The topological polar surface area (TPSA) is 71.3 Å². The summed E-state index contributed by atoms with van der Waals surface area (Å²) in [6.07, 6.45) is 1.90. The standard InChI is InChI=1S/C8H14N4O2/c1-3-12(2)8(13)9-5-4-7-10-6-11-14-7/h6H,3-5H2,1-2H3,(H,9,13). The Morgan fingerprint density at radius 2 is 2.50 bits per heavy atom. The molecule has 0 aliphatic heterocycles. The molecule has 78 valence electrons. The molecular weight excluding hydrogens is 184 g/mol. The maximum Gasteiger partial charge on any atom is 0.317 e. The number of hydrogen-bond acceptors (Lipinski definition) is 4. The number of amides is 2. The van der Waals surface area contributed by atoms with Crippen molar-refractivity contribution in [2.24, 2.45) is 0 Å². The zero-order valence-corrected chi connectivity index (χ0v) is 8.36. The van der Waals surface area contributed by atoms with E-state index in [1.165, 1.54) is 6.33 Å². The van der Waals surface area contributed by atoms with Gasteiger partial charge in [0, 0.05) is 26.6 Å². The van der Waals surface area contributed by atoms with Gasteiger partial charge < -0.3 is 14.7 Å². The largest absolute Gasteiger partial charge is 0.340 e. The molecule has 0 saturated heterocycles. The van der Waals surface area contributed by atoms with E-state index >= 15 is 0 Å². The average molecular weight is 198 g/mol. The van der Waals surface area contributed by atoms with Crippen molar-refractivity contribution in [2.45, 2.75) is 13.3 Å². The Balaban J connectivity index is 2.18. The molecular formula is C8H14N4O2. The summed E-state index contributed by atoms with van der Waals surface area (Å²) in [4.78, 5) is 16.7. The van der Waals surface area contributed by atoms with Gasteiger partial charge in [-0.2, -0.15) is 4.98 Å². The third-order valence-electron chi connectivity index (χ3n) is 1.84. The second-order valence-electron chi connectivity index (χ2n) is 2.83. The van der Waals surface area contributed by atoms with E-state index in [1.54, 1.807) is 11.9 Å². The molecule has 0 saturated carbocycles. The molecule has 2 amide bonds. The molecule has 1 aromatic rings. The lowest BCUT2D eigenvalue weighted by molar-refractivity contribution is 0.211.